The maximum Gasteiger partial charge on any atom is 0.322 e. The summed E-state index contributed by atoms with van der Waals surface area (Å²) in [7, 11) is -2.27. The lowest BCUT2D eigenvalue weighted by Gasteiger charge is -2.09. The first kappa shape index (κ1) is 22.0. The van der Waals surface area contributed by atoms with Gasteiger partial charge in [-0.3, -0.25) is 14.8 Å². The molecule has 1 heterocycles. The summed E-state index contributed by atoms with van der Waals surface area (Å²) in [5.74, 6) is 0.191. The van der Waals surface area contributed by atoms with Gasteiger partial charge in [0, 0.05) is 11.3 Å². The van der Waals surface area contributed by atoms with E-state index in [0.717, 1.165) is 5.56 Å². The average molecular weight is 465 g/mol. The molecule has 33 heavy (non-hydrogen) atoms. The zero-order valence-corrected chi connectivity index (χ0v) is 18.6. The Morgan fingerprint density at radius 3 is 2.48 bits per heavy atom. The van der Waals surface area contributed by atoms with Crippen molar-refractivity contribution in [1.82, 2.24) is 10.2 Å². The molecule has 0 radical (unpaired) electrons. The van der Waals surface area contributed by atoms with Crippen LogP contribution in [0.5, 0.6) is 5.75 Å². The Morgan fingerprint density at radius 1 is 0.970 bits per heavy atom. The first-order valence-corrected chi connectivity index (χ1v) is 11.3. The van der Waals surface area contributed by atoms with Gasteiger partial charge in [0.2, 0.25) is 0 Å². The van der Waals surface area contributed by atoms with E-state index in [0.29, 0.717) is 11.3 Å². The number of nitrogens with zero attached hydrogens (tertiary/aromatic N) is 2. The van der Waals surface area contributed by atoms with Crippen LogP contribution in [0.15, 0.2) is 82.1 Å². The van der Waals surface area contributed by atoms with Crippen LogP contribution in [0.3, 0.4) is 0 Å². The average Bonchev–Trinajstić information content (AvgIpc) is 3.27. The Hall–Kier alpha value is -4.18. The molecule has 3 aromatic carbocycles. The highest BCUT2D eigenvalue weighted by Crippen LogP contribution is 2.29. The molecule has 0 aliphatic rings. The third-order valence-corrected chi connectivity index (χ3v) is 6.09. The molecular weight excluding hydrogens is 444 g/mol. The van der Waals surface area contributed by atoms with Crippen LogP contribution in [0.1, 0.15) is 15.9 Å². The van der Waals surface area contributed by atoms with Crippen molar-refractivity contribution in [2.24, 2.45) is 0 Å². The fourth-order valence-corrected chi connectivity index (χ4v) is 4.08. The second-order valence-corrected chi connectivity index (χ2v) is 8.75. The molecule has 0 fully saturated rings. The number of carbonyl (C=O) groups excluding carboxylic acids is 1. The summed E-state index contributed by atoms with van der Waals surface area (Å²) in [6.45, 7) is 1.87. The van der Waals surface area contributed by atoms with E-state index in [-0.39, 0.29) is 28.1 Å². The molecule has 0 spiro atoms. The molecule has 1 amide bonds. The molecule has 10 heteroatoms. The first-order chi connectivity index (χ1) is 15.9. The van der Waals surface area contributed by atoms with Crippen LogP contribution >= 0.6 is 0 Å². The van der Waals surface area contributed by atoms with Crippen molar-refractivity contribution in [3.8, 4) is 17.2 Å². The quantitative estimate of drug-likeness (QED) is 0.422. The van der Waals surface area contributed by atoms with Crippen molar-refractivity contribution >= 4 is 27.6 Å². The Kier molecular flexibility index (Phi) is 6.09. The number of amides is 1. The molecule has 0 bridgehead atoms. The highest BCUT2D eigenvalue weighted by molar-refractivity contribution is 7.92. The van der Waals surface area contributed by atoms with Crippen LogP contribution < -0.4 is 14.8 Å². The van der Waals surface area contributed by atoms with Crippen molar-refractivity contribution in [2.75, 3.05) is 17.1 Å². The molecule has 4 aromatic rings. The number of hydrogen-bond acceptors (Lipinski definition) is 7. The van der Waals surface area contributed by atoms with Crippen molar-refractivity contribution in [3.63, 3.8) is 0 Å². The predicted octanol–water partition coefficient (Wildman–Crippen LogP) is 4.11. The Balaban J connectivity index is 1.49. The van der Waals surface area contributed by atoms with E-state index in [4.69, 9.17) is 9.15 Å². The maximum absolute atomic E-state index is 12.7. The van der Waals surface area contributed by atoms with Crippen molar-refractivity contribution in [1.29, 1.82) is 0 Å². The number of aromatic nitrogens is 2. The number of methoxy groups -OCH3 is 1. The molecule has 0 saturated heterocycles. The smallest absolute Gasteiger partial charge is 0.322 e. The summed E-state index contributed by atoms with van der Waals surface area (Å²) in [4.78, 5) is 12.8. The van der Waals surface area contributed by atoms with Crippen molar-refractivity contribution in [3.05, 3.63) is 83.9 Å². The molecule has 0 atom stereocenters. The van der Waals surface area contributed by atoms with Gasteiger partial charge in [-0.15, -0.1) is 5.10 Å². The van der Waals surface area contributed by atoms with Crippen LogP contribution in [-0.2, 0) is 10.0 Å². The molecule has 168 valence electrons. The molecule has 9 nitrogen and oxygen atoms in total. The van der Waals surface area contributed by atoms with Gasteiger partial charge in [-0.25, -0.2) is 8.42 Å². The molecule has 0 aliphatic heterocycles. The van der Waals surface area contributed by atoms with E-state index in [9.17, 15) is 13.2 Å². The molecule has 1 aromatic heterocycles. The minimum Gasteiger partial charge on any atom is -0.496 e. The number of carbonyl (C=O) groups is 1. The zero-order valence-electron chi connectivity index (χ0n) is 17.8. The fourth-order valence-electron chi connectivity index (χ4n) is 3.03. The summed E-state index contributed by atoms with van der Waals surface area (Å²) in [6, 6.07) is 19.5. The summed E-state index contributed by atoms with van der Waals surface area (Å²) < 4.78 is 38.5. The van der Waals surface area contributed by atoms with Gasteiger partial charge in [0.05, 0.1) is 17.6 Å². The molecule has 0 saturated carbocycles. The Morgan fingerprint density at radius 2 is 1.73 bits per heavy atom. The van der Waals surface area contributed by atoms with Gasteiger partial charge in [-0.2, -0.15) is 0 Å². The predicted molar refractivity (Wildman–Crippen MR) is 123 cm³/mol. The number of sulfonamides is 1. The van der Waals surface area contributed by atoms with Crippen LogP contribution in [0, 0.1) is 6.92 Å². The third-order valence-electron chi connectivity index (χ3n) is 4.69. The van der Waals surface area contributed by atoms with Crippen LogP contribution in [0.25, 0.3) is 11.5 Å². The standard InChI is InChI=1S/C23H20N4O5S/c1-15-10-12-18(13-11-15)33(29,30)27-17-7-5-6-16(14-17)21(28)24-23-26-25-22(32-23)19-8-3-4-9-20(19)31-2/h3-14,27H,1-2H3,(H,24,26,28). The number of hydrogen-bond donors (Lipinski definition) is 2. The van der Waals surface area contributed by atoms with Gasteiger partial charge in [-0.05, 0) is 49.4 Å². The monoisotopic (exact) mass is 464 g/mol. The van der Waals surface area contributed by atoms with Gasteiger partial charge in [0.15, 0.2) is 0 Å². The molecule has 0 unspecified atom stereocenters. The highest BCUT2D eigenvalue weighted by atomic mass is 32.2. The van der Waals surface area contributed by atoms with Crippen molar-refractivity contribution < 1.29 is 22.4 Å². The molecule has 4 rings (SSSR count). The normalized spacial score (nSPS) is 11.1. The second kappa shape index (κ2) is 9.13. The third kappa shape index (κ3) is 5.01. The largest absolute Gasteiger partial charge is 0.496 e. The number of benzene rings is 3. The van der Waals surface area contributed by atoms with E-state index in [1.165, 1.54) is 31.4 Å². The van der Waals surface area contributed by atoms with Crippen LogP contribution in [0.4, 0.5) is 11.7 Å². The topological polar surface area (TPSA) is 123 Å². The van der Waals surface area contributed by atoms with Crippen LogP contribution in [0.2, 0.25) is 0 Å². The van der Waals surface area contributed by atoms with E-state index < -0.39 is 15.9 Å². The van der Waals surface area contributed by atoms with E-state index >= 15 is 0 Å². The summed E-state index contributed by atoms with van der Waals surface area (Å²) >= 11 is 0. The highest BCUT2D eigenvalue weighted by Gasteiger charge is 2.17. The van der Waals surface area contributed by atoms with Gasteiger partial charge >= 0.3 is 6.01 Å². The molecule has 2 N–H and O–H groups in total. The lowest BCUT2D eigenvalue weighted by molar-refractivity contribution is 0.102. The van der Waals surface area contributed by atoms with Gasteiger partial charge in [-0.1, -0.05) is 41.0 Å². The lowest BCUT2D eigenvalue weighted by Crippen LogP contribution is -2.15. The number of rotatable bonds is 7. The number of aryl methyl sites for hydroxylation is 1. The van der Waals surface area contributed by atoms with Crippen LogP contribution in [-0.4, -0.2) is 31.6 Å². The number of anilines is 2. The van der Waals surface area contributed by atoms with Gasteiger partial charge in [0.25, 0.3) is 21.8 Å². The van der Waals surface area contributed by atoms with E-state index in [1.807, 2.05) is 6.92 Å². The minimum atomic E-state index is -3.80. The lowest BCUT2D eigenvalue weighted by atomic mass is 10.2. The first-order valence-electron chi connectivity index (χ1n) is 9.83. The van der Waals surface area contributed by atoms with E-state index in [2.05, 4.69) is 20.2 Å². The second-order valence-electron chi connectivity index (χ2n) is 7.07. The molecule has 0 aliphatic carbocycles. The van der Waals surface area contributed by atoms with Gasteiger partial charge < -0.3 is 9.15 Å². The fraction of sp³-hybridized carbons (Fsp3) is 0.0870. The zero-order chi connectivity index (χ0) is 23.4. The minimum absolute atomic E-state index is 0.105. The summed E-state index contributed by atoms with van der Waals surface area (Å²) in [5, 5.41) is 10.3. The SMILES string of the molecule is COc1ccccc1-c1nnc(NC(=O)c2cccc(NS(=O)(=O)c3ccc(C)cc3)c2)o1. The molecular formula is C23H20N4O5S. The van der Waals surface area contributed by atoms with E-state index in [1.54, 1.807) is 48.5 Å². The number of ether oxygens (including phenoxy) is 1. The summed E-state index contributed by atoms with van der Waals surface area (Å²) in [5.41, 5.74) is 1.97. The maximum atomic E-state index is 12.7. The Labute approximate surface area is 190 Å². The number of para-hydroxylation sites is 1. The summed E-state index contributed by atoms with van der Waals surface area (Å²) in [6.07, 6.45) is 0. The van der Waals surface area contributed by atoms with Gasteiger partial charge in [0.1, 0.15) is 5.75 Å². The van der Waals surface area contributed by atoms with Crippen molar-refractivity contribution in [2.45, 2.75) is 11.8 Å². The Bertz CT molecular complexity index is 1400. The number of nitrogens with one attached hydrogen (secondary N) is 2.